The number of carboxylic acid groups (broad SMARTS) is 1. The highest BCUT2D eigenvalue weighted by atomic mass is 19.1. The fraction of sp³-hybridized carbons (Fsp3) is 0. The minimum Gasteiger partial charge on any atom is -0.478 e. The summed E-state index contributed by atoms with van der Waals surface area (Å²) >= 11 is 0. The van der Waals surface area contributed by atoms with E-state index in [9.17, 15) is 14.0 Å². The first-order valence-electron chi connectivity index (χ1n) is 5.21. The number of hydrogen-bond acceptors (Lipinski definition) is 2. The Hall–Kier alpha value is -2.49. The van der Waals surface area contributed by atoms with Crippen molar-refractivity contribution in [1.82, 2.24) is 0 Å². The summed E-state index contributed by atoms with van der Waals surface area (Å²) in [7, 11) is 0. The van der Waals surface area contributed by atoms with E-state index in [1.54, 1.807) is 0 Å². The van der Waals surface area contributed by atoms with Gasteiger partial charge in [-0.15, -0.1) is 0 Å². The molecule has 0 bridgehead atoms. The molecule has 0 radical (unpaired) electrons. The van der Waals surface area contributed by atoms with Crippen LogP contribution in [0.2, 0.25) is 0 Å². The zero-order valence-corrected chi connectivity index (χ0v) is 9.26. The first-order chi connectivity index (χ1) is 8.63. The summed E-state index contributed by atoms with van der Waals surface area (Å²) in [6.07, 6.45) is 0.573. The van der Waals surface area contributed by atoms with Crippen molar-refractivity contribution in [2.24, 2.45) is 0 Å². The summed E-state index contributed by atoms with van der Waals surface area (Å²) < 4.78 is 13.7. The molecule has 2 rings (SSSR count). The van der Waals surface area contributed by atoms with Crippen LogP contribution < -0.4 is 0 Å². The molecule has 2 aromatic carbocycles. The maximum absolute atomic E-state index is 13.7. The number of rotatable bonds is 3. The maximum Gasteiger partial charge on any atom is 0.335 e. The van der Waals surface area contributed by atoms with Crippen LogP contribution in [-0.2, 0) is 0 Å². The normalized spacial score (nSPS) is 10.1. The largest absolute Gasteiger partial charge is 0.478 e. The summed E-state index contributed by atoms with van der Waals surface area (Å²) in [6, 6.07) is 9.93. The Morgan fingerprint density at radius 3 is 2.33 bits per heavy atom. The van der Waals surface area contributed by atoms with Gasteiger partial charge >= 0.3 is 5.97 Å². The van der Waals surface area contributed by atoms with Gasteiger partial charge in [-0.2, -0.15) is 0 Å². The van der Waals surface area contributed by atoms with E-state index in [4.69, 9.17) is 5.11 Å². The van der Waals surface area contributed by atoms with Gasteiger partial charge in [0, 0.05) is 11.1 Å². The Morgan fingerprint density at radius 1 is 1.11 bits per heavy atom. The van der Waals surface area contributed by atoms with Crippen molar-refractivity contribution in [2.45, 2.75) is 0 Å². The first kappa shape index (κ1) is 12.0. The van der Waals surface area contributed by atoms with Crippen molar-refractivity contribution in [2.75, 3.05) is 0 Å². The quantitative estimate of drug-likeness (QED) is 0.844. The van der Waals surface area contributed by atoms with Gasteiger partial charge in [0.2, 0.25) is 0 Å². The van der Waals surface area contributed by atoms with Gasteiger partial charge in [-0.25, -0.2) is 9.18 Å². The van der Waals surface area contributed by atoms with E-state index >= 15 is 0 Å². The van der Waals surface area contributed by atoms with Gasteiger partial charge in [0.25, 0.3) is 0 Å². The second-order valence-corrected chi connectivity index (χ2v) is 3.70. The molecule has 0 aliphatic carbocycles. The van der Waals surface area contributed by atoms with Crippen LogP contribution in [0, 0.1) is 5.82 Å². The van der Waals surface area contributed by atoms with Gasteiger partial charge in [-0.1, -0.05) is 24.3 Å². The van der Waals surface area contributed by atoms with Crippen molar-refractivity contribution in [1.29, 1.82) is 0 Å². The highest BCUT2D eigenvalue weighted by Gasteiger charge is 2.11. The van der Waals surface area contributed by atoms with Crippen LogP contribution in [0.3, 0.4) is 0 Å². The van der Waals surface area contributed by atoms with Gasteiger partial charge in [0.15, 0.2) is 6.29 Å². The summed E-state index contributed by atoms with van der Waals surface area (Å²) in [5, 5.41) is 8.77. The average Bonchev–Trinajstić information content (AvgIpc) is 2.38. The zero-order chi connectivity index (χ0) is 13.1. The molecule has 90 valence electrons. The van der Waals surface area contributed by atoms with Crippen LogP contribution >= 0.6 is 0 Å². The van der Waals surface area contributed by atoms with Gasteiger partial charge < -0.3 is 5.11 Å². The van der Waals surface area contributed by atoms with E-state index in [2.05, 4.69) is 0 Å². The molecule has 0 fully saturated rings. The fourth-order valence-corrected chi connectivity index (χ4v) is 1.72. The first-order valence-corrected chi connectivity index (χ1v) is 5.21. The molecule has 18 heavy (non-hydrogen) atoms. The summed E-state index contributed by atoms with van der Waals surface area (Å²) in [5.41, 5.74) is 1.01. The number of carbonyl (C=O) groups is 2. The number of aromatic carboxylic acids is 1. The van der Waals surface area contributed by atoms with E-state index in [0.717, 1.165) is 0 Å². The fourth-order valence-electron chi connectivity index (χ4n) is 1.72. The highest BCUT2D eigenvalue weighted by molar-refractivity contribution is 5.90. The number of benzene rings is 2. The van der Waals surface area contributed by atoms with Crippen LogP contribution in [0.25, 0.3) is 11.1 Å². The number of carboxylic acids is 1. The molecule has 0 aliphatic heterocycles. The topological polar surface area (TPSA) is 54.4 Å². The molecule has 0 heterocycles. The number of hydrogen-bond donors (Lipinski definition) is 1. The van der Waals surface area contributed by atoms with Gasteiger partial charge in [0.05, 0.1) is 5.56 Å². The molecule has 0 unspecified atom stereocenters. The average molecular weight is 244 g/mol. The minimum atomic E-state index is -1.05. The lowest BCUT2D eigenvalue weighted by atomic mass is 9.99. The second kappa shape index (κ2) is 4.79. The Kier molecular flexibility index (Phi) is 3.19. The minimum absolute atomic E-state index is 0.114. The third-order valence-electron chi connectivity index (χ3n) is 2.59. The van der Waals surface area contributed by atoms with E-state index in [0.29, 0.717) is 11.8 Å². The predicted octanol–water partition coefficient (Wildman–Crippen LogP) is 3.00. The lowest BCUT2D eigenvalue weighted by Gasteiger charge is -2.06. The van der Waals surface area contributed by atoms with Crippen molar-refractivity contribution >= 4 is 12.3 Å². The predicted molar refractivity (Wildman–Crippen MR) is 64.2 cm³/mol. The van der Waals surface area contributed by atoms with Crippen molar-refractivity contribution < 1.29 is 19.1 Å². The highest BCUT2D eigenvalue weighted by Crippen LogP contribution is 2.26. The summed E-state index contributed by atoms with van der Waals surface area (Å²) in [4.78, 5) is 21.6. The lowest BCUT2D eigenvalue weighted by molar-refractivity contribution is 0.0696. The molecule has 0 saturated heterocycles. The summed E-state index contributed by atoms with van der Waals surface area (Å²) in [5.74, 6) is -1.56. The van der Waals surface area contributed by atoms with E-state index in [-0.39, 0.29) is 16.7 Å². The molecule has 1 N–H and O–H groups in total. The van der Waals surface area contributed by atoms with Crippen molar-refractivity contribution in [3.63, 3.8) is 0 Å². The molecule has 0 amide bonds. The van der Waals surface area contributed by atoms with Gasteiger partial charge in [0.1, 0.15) is 5.82 Å². The Morgan fingerprint density at radius 2 is 1.78 bits per heavy atom. The third kappa shape index (κ3) is 2.13. The van der Waals surface area contributed by atoms with Crippen LogP contribution in [0.5, 0.6) is 0 Å². The van der Waals surface area contributed by atoms with E-state index < -0.39 is 11.8 Å². The summed E-state index contributed by atoms with van der Waals surface area (Å²) in [6.45, 7) is 0. The molecule has 0 saturated carbocycles. The van der Waals surface area contributed by atoms with Crippen LogP contribution in [-0.4, -0.2) is 17.4 Å². The third-order valence-corrected chi connectivity index (χ3v) is 2.59. The van der Waals surface area contributed by atoms with E-state index in [1.165, 1.54) is 42.5 Å². The SMILES string of the molecule is O=Cc1cccc(F)c1-c1ccc(C(=O)O)cc1. The van der Waals surface area contributed by atoms with E-state index in [1.807, 2.05) is 0 Å². The van der Waals surface area contributed by atoms with Crippen molar-refractivity contribution in [3.8, 4) is 11.1 Å². The van der Waals surface area contributed by atoms with Crippen molar-refractivity contribution in [3.05, 3.63) is 59.4 Å². The molecular formula is C14H9FO3. The molecule has 3 nitrogen and oxygen atoms in total. The molecule has 4 heteroatoms. The standard InChI is InChI=1S/C14H9FO3/c15-12-3-1-2-11(8-16)13(12)9-4-6-10(7-5-9)14(17)18/h1-8H,(H,17,18). The molecule has 0 spiro atoms. The Bertz CT molecular complexity index is 603. The zero-order valence-electron chi connectivity index (χ0n) is 9.26. The molecule has 2 aromatic rings. The molecule has 0 aromatic heterocycles. The van der Waals surface area contributed by atoms with Gasteiger partial charge in [-0.3, -0.25) is 4.79 Å². The maximum atomic E-state index is 13.7. The number of aldehydes is 1. The Balaban J connectivity index is 2.55. The molecule has 0 aliphatic rings. The number of halogens is 1. The second-order valence-electron chi connectivity index (χ2n) is 3.70. The van der Waals surface area contributed by atoms with Crippen LogP contribution in [0.1, 0.15) is 20.7 Å². The molecule has 0 atom stereocenters. The Labute approximate surface area is 103 Å². The lowest BCUT2D eigenvalue weighted by Crippen LogP contribution is -1.96. The smallest absolute Gasteiger partial charge is 0.335 e. The molecular weight excluding hydrogens is 235 g/mol. The monoisotopic (exact) mass is 244 g/mol. The van der Waals surface area contributed by atoms with Gasteiger partial charge in [-0.05, 0) is 23.8 Å². The number of carbonyl (C=O) groups excluding carboxylic acids is 1. The van der Waals surface area contributed by atoms with Crippen LogP contribution in [0.15, 0.2) is 42.5 Å². The van der Waals surface area contributed by atoms with Crippen LogP contribution in [0.4, 0.5) is 4.39 Å².